The van der Waals surface area contributed by atoms with Crippen LogP contribution in [-0.2, 0) is 14.3 Å². The van der Waals surface area contributed by atoms with Crippen LogP contribution in [0.2, 0.25) is 0 Å². The first kappa shape index (κ1) is 25.0. The number of hydrogen-bond acceptors (Lipinski definition) is 7. The lowest BCUT2D eigenvalue weighted by molar-refractivity contribution is -0.146. The number of urea groups is 1. The number of ketones is 1. The van der Waals surface area contributed by atoms with Gasteiger partial charge in [-0.15, -0.1) is 0 Å². The molecule has 3 amide bonds. The van der Waals surface area contributed by atoms with Gasteiger partial charge in [-0.3, -0.25) is 9.59 Å². The van der Waals surface area contributed by atoms with Crippen molar-refractivity contribution in [3.05, 3.63) is 41.5 Å². The van der Waals surface area contributed by atoms with Crippen molar-refractivity contribution in [3.8, 4) is 0 Å². The van der Waals surface area contributed by atoms with Gasteiger partial charge in [0.25, 0.3) is 0 Å². The molecule has 1 aromatic carbocycles. The average Bonchev–Trinajstić information content (AvgIpc) is 2.74. The number of esters is 1. The summed E-state index contributed by atoms with van der Waals surface area (Å²) >= 11 is 0. The third-order valence-corrected chi connectivity index (χ3v) is 5.12. The van der Waals surface area contributed by atoms with Crippen LogP contribution < -0.4 is 16.0 Å². The Hall–Kier alpha value is -3.24. The zero-order valence-electron chi connectivity index (χ0n) is 18.4. The Bertz CT molecular complexity index is 895. The summed E-state index contributed by atoms with van der Waals surface area (Å²) < 4.78 is 4.70. The molecule has 0 fully saturated rings. The summed E-state index contributed by atoms with van der Waals surface area (Å²) in [5.41, 5.74) is 1.03. The Morgan fingerprint density at radius 3 is 2.25 bits per heavy atom. The third kappa shape index (κ3) is 6.38. The summed E-state index contributed by atoms with van der Waals surface area (Å²) in [5, 5.41) is 28.1. The van der Waals surface area contributed by atoms with E-state index in [4.69, 9.17) is 4.74 Å². The maximum Gasteiger partial charge on any atom is 0.328 e. The predicted octanol–water partition coefficient (Wildman–Crippen LogP) is 0.745. The van der Waals surface area contributed by atoms with Crippen molar-refractivity contribution in [2.75, 3.05) is 12.4 Å². The lowest BCUT2D eigenvalue weighted by Crippen LogP contribution is -2.53. The summed E-state index contributed by atoms with van der Waals surface area (Å²) in [6.45, 7) is 4.92. The highest BCUT2D eigenvalue weighted by molar-refractivity contribution is 5.97. The average molecular weight is 447 g/mol. The monoisotopic (exact) mass is 447 g/mol. The van der Waals surface area contributed by atoms with Crippen LogP contribution in [0.5, 0.6) is 0 Å². The summed E-state index contributed by atoms with van der Waals surface area (Å²) in [4.78, 5) is 48.2. The van der Waals surface area contributed by atoms with Crippen LogP contribution in [0.15, 0.2) is 35.9 Å². The van der Waals surface area contributed by atoms with Gasteiger partial charge in [0.2, 0.25) is 5.91 Å². The molecule has 0 saturated carbocycles. The minimum Gasteiger partial charge on any atom is -0.467 e. The zero-order chi connectivity index (χ0) is 24.0. The Morgan fingerprint density at radius 2 is 1.72 bits per heavy atom. The van der Waals surface area contributed by atoms with Crippen molar-refractivity contribution in [3.63, 3.8) is 0 Å². The number of aliphatic hydroxyl groups excluding tert-OH is 2. The molecule has 1 aromatic rings. The van der Waals surface area contributed by atoms with Gasteiger partial charge in [-0.1, -0.05) is 19.9 Å². The molecule has 1 aliphatic rings. The van der Waals surface area contributed by atoms with Gasteiger partial charge in [0.1, 0.15) is 12.1 Å². The lowest BCUT2D eigenvalue weighted by atomic mass is 9.89. The standard InChI is InChI=1S/C22H29N3O7/c1-11(2)18(21(30)32-4)25-20(29)14-9-16(19(28)17(27)10-14)24-22(31)23-15-7-5-13(6-8-15)12(3)26/h5-9,11,16-19,27-28H,10H2,1-4H3,(H,25,29)(H2,23,24,31). The topological polar surface area (TPSA) is 154 Å². The molecule has 174 valence electrons. The van der Waals surface area contributed by atoms with E-state index in [9.17, 15) is 29.4 Å². The molecule has 0 heterocycles. The molecule has 5 N–H and O–H groups in total. The number of anilines is 1. The fraction of sp³-hybridized carbons (Fsp3) is 0.455. The van der Waals surface area contributed by atoms with E-state index in [0.717, 1.165) is 0 Å². The molecule has 10 nitrogen and oxygen atoms in total. The fourth-order valence-corrected chi connectivity index (χ4v) is 3.23. The minimum atomic E-state index is -1.33. The Morgan fingerprint density at radius 1 is 1.09 bits per heavy atom. The van der Waals surface area contributed by atoms with Crippen LogP contribution in [0.4, 0.5) is 10.5 Å². The van der Waals surface area contributed by atoms with Gasteiger partial charge >= 0.3 is 12.0 Å². The number of Topliss-reactive ketones (excluding diaryl/α,β-unsaturated/α-hetero) is 1. The van der Waals surface area contributed by atoms with E-state index in [1.807, 2.05) is 0 Å². The number of methoxy groups -OCH3 is 1. The minimum absolute atomic E-state index is 0.108. The molecule has 1 aliphatic carbocycles. The van der Waals surface area contributed by atoms with Crippen LogP contribution in [0, 0.1) is 5.92 Å². The molecule has 4 atom stereocenters. The summed E-state index contributed by atoms with van der Waals surface area (Å²) in [6.07, 6.45) is -1.43. The van der Waals surface area contributed by atoms with E-state index >= 15 is 0 Å². The molecule has 32 heavy (non-hydrogen) atoms. The SMILES string of the molecule is COC(=O)C(NC(=O)C1=CC(NC(=O)Nc2ccc(C(C)=O)cc2)C(O)C(O)C1)C(C)C. The van der Waals surface area contributed by atoms with Crippen molar-refractivity contribution in [1.82, 2.24) is 10.6 Å². The number of carbonyl (C=O) groups excluding carboxylic acids is 4. The number of hydrogen-bond donors (Lipinski definition) is 5. The summed E-state index contributed by atoms with van der Waals surface area (Å²) in [6, 6.07) is 3.62. The normalized spacial score (nSPS) is 21.2. The number of amides is 3. The molecule has 0 radical (unpaired) electrons. The third-order valence-electron chi connectivity index (χ3n) is 5.12. The highest BCUT2D eigenvalue weighted by atomic mass is 16.5. The quantitative estimate of drug-likeness (QED) is 0.305. The largest absolute Gasteiger partial charge is 0.467 e. The van der Waals surface area contributed by atoms with Crippen molar-refractivity contribution >= 4 is 29.4 Å². The van der Waals surface area contributed by atoms with Gasteiger partial charge in [0, 0.05) is 23.2 Å². The Balaban J connectivity index is 2.10. The molecule has 0 spiro atoms. The van der Waals surface area contributed by atoms with E-state index < -0.39 is 42.2 Å². The molecule has 0 bridgehead atoms. The predicted molar refractivity (Wildman–Crippen MR) is 116 cm³/mol. The van der Waals surface area contributed by atoms with E-state index in [0.29, 0.717) is 11.3 Å². The molecular weight excluding hydrogens is 418 g/mol. The fourth-order valence-electron chi connectivity index (χ4n) is 3.23. The zero-order valence-corrected chi connectivity index (χ0v) is 18.4. The molecule has 0 aliphatic heterocycles. The van der Waals surface area contributed by atoms with Gasteiger partial charge in [0.05, 0.1) is 19.3 Å². The Labute approximate surface area is 186 Å². The highest BCUT2D eigenvalue weighted by Gasteiger charge is 2.35. The van der Waals surface area contributed by atoms with Gasteiger partial charge in [-0.25, -0.2) is 9.59 Å². The van der Waals surface area contributed by atoms with Crippen LogP contribution >= 0.6 is 0 Å². The highest BCUT2D eigenvalue weighted by Crippen LogP contribution is 2.21. The summed E-state index contributed by atoms with van der Waals surface area (Å²) in [7, 11) is 1.22. The van der Waals surface area contributed by atoms with E-state index in [1.54, 1.807) is 38.1 Å². The van der Waals surface area contributed by atoms with Gasteiger partial charge in [0.15, 0.2) is 5.78 Å². The van der Waals surface area contributed by atoms with Gasteiger partial charge in [-0.05, 0) is 37.1 Å². The maximum atomic E-state index is 12.7. The van der Waals surface area contributed by atoms with Crippen molar-refractivity contribution in [2.24, 2.45) is 5.92 Å². The van der Waals surface area contributed by atoms with Gasteiger partial charge in [-0.2, -0.15) is 0 Å². The van der Waals surface area contributed by atoms with Crippen molar-refractivity contribution in [2.45, 2.75) is 51.5 Å². The number of nitrogens with one attached hydrogen (secondary N) is 3. The molecule has 2 rings (SSSR count). The second-order valence-corrected chi connectivity index (χ2v) is 7.93. The van der Waals surface area contributed by atoms with Crippen molar-refractivity contribution in [1.29, 1.82) is 0 Å². The summed E-state index contributed by atoms with van der Waals surface area (Å²) in [5.74, 6) is -1.55. The molecule has 0 saturated heterocycles. The number of aliphatic hydroxyl groups is 2. The van der Waals surface area contributed by atoms with Gasteiger partial charge < -0.3 is 30.9 Å². The number of rotatable bonds is 7. The first-order valence-electron chi connectivity index (χ1n) is 10.2. The second-order valence-electron chi connectivity index (χ2n) is 7.93. The number of carbonyl (C=O) groups is 4. The molecule has 0 aromatic heterocycles. The molecule has 10 heteroatoms. The van der Waals surface area contributed by atoms with Crippen molar-refractivity contribution < 1.29 is 34.1 Å². The first-order valence-corrected chi connectivity index (χ1v) is 10.2. The number of benzene rings is 1. The van der Waals surface area contributed by atoms with E-state index in [1.165, 1.54) is 20.1 Å². The van der Waals surface area contributed by atoms with Crippen LogP contribution in [0.25, 0.3) is 0 Å². The first-order chi connectivity index (χ1) is 15.0. The van der Waals surface area contributed by atoms with E-state index in [2.05, 4.69) is 16.0 Å². The molecule has 4 unspecified atom stereocenters. The lowest BCUT2D eigenvalue weighted by Gasteiger charge is -2.31. The van der Waals surface area contributed by atoms with Crippen LogP contribution in [-0.4, -0.2) is 65.3 Å². The smallest absolute Gasteiger partial charge is 0.328 e. The van der Waals surface area contributed by atoms with E-state index in [-0.39, 0.29) is 23.7 Å². The second kappa shape index (κ2) is 10.9. The van der Waals surface area contributed by atoms with Crippen LogP contribution in [0.3, 0.4) is 0 Å². The number of ether oxygens (including phenoxy) is 1. The molecular formula is C22H29N3O7. The Kier molecular flexibility index (Phi) is 8.50. The maximum absolute atomic E-state index is 12.7. The van der Waals surface area contributed by atoms with Crippen LogP contribution in [0.1, 0.15) is 37.6 Å².